The van der Waals surface area contributed by atoms with E-state index in [1.807, 2.05) is 11.6 Å². The minimum Gasteiger partial charge on any atom is -0.383 e. The molecule has 4 rings (SSSR count). The zero-order chi connectivity index (χ0) is 15.2. The number of carbonyl (C=O) groups is 1. The second-order valence-corrected chi connectivity index (χ2v) is 7.36. The van der Waals surface area contributed by atoms with Crippen LogP contribution in [0.3, 0.4) is 0 Å². The van der Waals surface area contributed by atoms with Crippen molar-refractivity contribution in [3.05, 3.63) is 11.6 Å². The molecule has 2 saturated heterocycles. The Kier molecular flexibility index (Phi) is 3.39. The van der Waals surface area contributed by atoms with Crippen molar-refractivity contribution in [3.63, 3.8) is 0 Å². The first-order chi connectivity index (χ1) is 10.7. The van der Waals surface area contributed by atoms with Crippen molar-refractivity contribution in [2.45, 2.75) is 36.9 Å². The second kappa shape index (κ2) is 5.18. The van der Waals surface area contributed by atoms with Gasteiger partial charge in [-0.05, 0) is 12.8 Å². The van der Waals surface area contributed by atoms with Gasteiger partial charge in [0.1, 0.15) is 5.54 Å². The van der Waals surface area contributed by atoms with Crippen LogP contribution in [0, 0.1) is 0 Å². The summed E-state index contributed by atoms with van der Waals surface area (Å²) >= 11 is 1.68. The van der Waals surface area contributed by atoms with Crippen LogP contribution in [-0.4, -0.2) is 60.3 Å². The average Bonchev–Trinajstić information content (AvgIpc) is 3.03. The summed E-state index contributed by atoms with van der Waals surface area (Å²) in [6, 6.07) is 0. The fraction of sp³-hybridized carbons (Fsp3) is 0.733. The van der Waals surface area contributed by atoms with E-state index < -0.39 is 0 Å². The molecule has 3 aliphatic rings. The van der Waals surface area contributed by atoms with Crippen LogP contribution in [0.5, 0.6) is 0 Å². The Bertz CT molecular complexity index is 550. The smallest absolute Gasteiger partial charge is 0.244 e. The Morgan fingerprint density at radius 1 is 1.36 bits per heavy atom. The summed E-state index contributed by atoms with van der Waals surface area (Å²) in [4.78, 5) is 21.6. The van der Waals surface area contributed by atoms with Crippen LogP contribution in [-0.2, 0) is 9.53 Å². The number of methoxy groups -OCH3 is 1. The van der Waals surface area contributed by atoms with Gasteiger partial charge in [0.05, 0.1) is 12.3 Å². The molecule has 1 saturated carbocycles. The van der Waals surface area contributed by atoms with Gasteiger partial charge in [0, 0.05) is 51.2 Å². The molecular formula is C15H22N4O2S. The van der Waals surface area contributed by atoms with Gasteiger partial charge in [0.25, 0.3) is 0 Å². The van der Waals surface area contributed by atoms with Crippen molar-refractivity contribution >= 4 is 22.4 Å². The molecule has 120 valence electrons. The lowest BCUT2D eigenvalue weighted by Crippen LogP contribution is -2.59. The average molecular weight is 322 g/mol. The molecule has 1 aromatic rings. The molecule has 6 nitrogen and oxygen atoms in total. The molecule has 0 unspecified atom stereocenters. The zero-order valence-electron chi connectivity index (χ0n) is 12.9. The van der Waals surface area contributed by atoms with Gasteiger partial charge >= 0.3 is 0 Å². The van der Waals surface area contributed by atoms with Crippen molar-refractivity contribution < 1.29 is 9.53 Å². The minimum atomic E-state index is -0.253. The highest BCUT2D eigenvalue weighted by Crippen LogP contribution is 2.48. The third-order valence-electron chi connectivity index (χ3n) is 5.19. The summed E-state index contributed by atoms with van der Waals surface area (Å²) < 4.78 is 5.21. The predicted molar refractivity (Wildman–Crippen MR) is 85.0 cm³/mol. The first kappa shape index (κ1) is 14.4. The molecule has 2 aliphatic heterocycles. The van der Waals surface area contributed by atoms with E-state index in [1.54, 1.807) is 18.4 Å². The van der Waals surface area contributed by atoms with Crippen LogP contribution >= 0.6 is 11.3 Å². The van der Waals surface area contributed by atoms with Crippen molar-refractivity contribution in [1.29, 1.82) is 0 Å². The molecule has 3 fully saturated rings. The van der Waals surface area contributed by atoms with Gasteiger partial charge in [-0.2, -0.15) is 0 Å². The summed E-state index contributed by atoms with van der Waals surface area (Å²) in [6.45, 7) is 3.16. The van der Waals surface area contributed by atoms with Gasteiger partial charge < -0.3 is 14.5 Å². The molecule has 0 aromatic carbocycles. The van der Waals surface area contributed by atoms with Gasteiger partial charge in [-0.15, -0.1) is 11.3 Å². The summed E-state index contributed by atoms with van der Waals surface area (Å²) in [5.74, 6) is 0.284. The summed E-state index contributed by atoms with van der Waals surface area (Å²) in [5.41, 5.74) is -0.434. The number of carbonyl (C=O) groups excluding carboxylic acids is 1. The Morgan fingerprint density at radius 3 is 2.73 bits per heavy atom. The van der Waals surface area contributed by atoms with Crippen LogP contribution in [0.4, 0.5) is 5.13 Å². The number of hydrogen-bond acceptors (Lipinski definition) is 6. The topological polar surface area (TPSA) is 57.7 Å². The van der Waals surface area contributed by atoms with Crippen molar-refractivity contribution in [2.75, 3.05) is 38.3 Å². The normalized spacial score (nSPS) is 25.4. The van der Waals surface area contributed by atoms with Crippen LogP contribution in [0.25, 0.3) is 0 Å². The number of rotatable bonds is 4. The maximum Gasteiger partial charge on any atom is 0.244 e. The fourth-order valence-corrected chi connectivity index (χ4v) is 4.51. The number of nitrogens with one attached hydrogen (secondary N) is 1. The highest BCUT2D eigenvalue weighted by atomic mass is 32.1. The predicted octanol–water partition coefficient (Wildman–Crippen LogP) is 1.05. The van der Waals surface area contributed by atoms with E-state index in [0.717, 1.165) is 43.9 Å². The molecule has 0 radical (unpaired) electrons. The van der Waals surface area contributed by atoms with E-state index in [-0.39, 0.29) is 17.1 Å². The number of thiazole rings is 1. The molecule has 22 heavy (non-hydrogen) atoms. The van der Waals surface area contributed by atoms with E-state index in [1.165, 1.54) is 0 Å². The first-order valence-corrected chi connectivity index (χ1v) is 8.82. The van der Waals surface area contributed by atoms with Crippen molar-refractivity contribution in [3.8, 4) is 0 Å². The number of hydrogen-bond donors (Lipinski definition) is 1. The number of piperidine rings is 1. The van der Waals surface area contributed by atoms with Crippen LogP contribution in [0.2, 0.25) is 0 Å². The second-order valence-electron chi connectivity index (χ2n) is 6.49. The van der Waals surface area contributed by atoms with Gasteiger partial charge in [0.15, 0.2) is 5.13 Å². The maximum absolute atomic E-state index is 12.8. The summed E-state index contributed by atoms with van der Waals surface area (Å²) in [7, 11) is 1.69. The number of nitrogens with zero attached hydrogens (tertiary/aromatic N) is 3. The SMILES string of the molecule is COCCN1C(=O)C2(CC2)NC12CCN(c1nccs1)CC2. The molecule has 2 spiro atoms. The molecular weight excluding hydrogens is 300 g/mol. The molecule has 7 heteroatoms. The maximum atomic E-state index is 12.8. The lowest BCUT2D eigenvalue weighted by Gasteiger charge is -2.44. The standard InChI is InChI=1S/C15H22N4O2S/c1-21-10-9-19-12(20)14(2-3-14)17-15(19)4-7-18(8-5-15)13-16-6-11-22-13/h6,11,17H,2-5,7-10H2,1H3. The number of amides is 1. The molecule has 1 N–H and O–H groups in total. The van der Waals surface area contributed by atoms with E-state index in [2.05, 4.69) is 20.1 Å². The van der Waals surface area contributed by atoms with E-state index in [4.69, 9.17) is 4.74 Å². The van der Waals surface area contributed by atoms with Crippen molar-refractivity contribution in [1.82, 2.24) is 15.2 Å². The molecule has 0 atom stereocenters. The third kappa shape index (κ3) is 2.14. The lowest BCUT2D eigenvalue weighted by molar-refractivity contribution is -0.134. The van der Waals surface area contributed by atoms with Gasteiger partial charge in [-0.3, -0.25) is 10.1 Å². The largest absolute Gasteiger partial charge is 0.383 e. The number of anilines is 1. The Balaban J connectivity index is 1.51. The van der Waals surface area contributed by atoms with Gasteiger partial charge in [-0.25, -0.2) is 4.98 Å². The highest BCUT2D eigenvalue weighted by molar-refractivity contribution is 7.13. The summed E-state index contributed by atoms with van der Waals surface area (Å²) in [6.07, 6.45) is 5.71. The minimum absolute atomic E-state index is 0.181. The Morgan fingerprint density at radius 2 is 2.14 bits per heavy atom. The third-order valence-corrected chi connectivity index (χ3v) is 6.02. The number of ether oxygens (including phenoxy) is 1. The van der Waals surface area contributed by atoms with E-state index >= 15 is 0 Å². The molecule has 1 aliphatic carbocycles. The van der Waals surface area contributed by atoms with Crippen molar-refractivity contribution in [2.24, 2.45) is 0 Å². The zero-order valence-corrected chi connectivity index (χ0v) is 13.7. The van der Waals surface area contributed by atoms with Crippen LogP contribution in [0.1, 0.15) is 25.7 Å². The highest BCUT2D eigenvalue weighted by Gasteiger charge is 2.64. The van der Waals surface area contributed by atoms with Gasteiger partial charge in [0.2, 0.25) is 5.91 Å². The molecule has 1 amide bonds. The van der Waals surface area contributed by atoms with E-state index in [9.17, 15) is 4.79 Å². The molecule has 3 heterocycles. The summed E-state index contributed by atoms with van der Waals surface area (Å²) in [5, 5.41) is 6.81. The monoisotopic (exact) mass is 322 g/mol. The lowest BCUT2D eigenvalue weighted by atomic mass is 9.96. The fourth-order valence-electron chi connectivity index (χ4n) is 3.82. The van der Waals surface area contributed by atoms with Gasteiger partial charge in [-0.1, -0.05) is 0 Å². The quantitative estimate of drug-likeness (QED) is 0.898. The Hall–Kier alpha value is -1.18. The van der Waals surface area contributed by atoms with Crippen LogP contribution in [0.15, 0.2) is 11.6 Å². The first-order valence-electron chi connectivity index (χ1n) is 7.94. The Labute approximate surface area is 134 Å². The molecule has 0 bridgehead atoms. The molecule has 1 aromatic heterocycles. The number of aromatic nitrogens is 1. The van der Waals surface area contributed by atoms with E-state index in [0.29, 0.717) is 13.2 Å². The van der Waals surface area contributed by atoms with Crippen LogP contribution < -0.4 is 10.2 Å².